The molecule has 0 bridgehead atoms. The number of amides is 3. The van der Waals surface area contributed by atoms with Crippen molar-refractivity contribution in [2.45, 2.75) is 6.54 Å². The predicted molar refractivity (Wildman–Crippen MR) is 77.7 cm³/mol. The molecule has 6 heteroatoms. The van der Waals surface area contributed by atoms with Gasteiger partial charge in [-0.25, -0.2) is 4.79 Å². The molecule has 2 aromatic rings. The number of hydrogen-bond acceptors (Lipinski definition) is 3. The van der Waals surface area contributed by atoms with Crippen LogP contribution in [-0.4, -0.2) is 25.0 Å². The number of hydrogen-bond donors (Lipinski definition) is 3. The van der Waals surface area contributed by atoms with Gasteiger partial charge >= 0.3 is 6.03 Å². The van der Waals surface area contributed by atoms with Crippen molar-refractivity contribution in [3.05, 3.63) is 60.1 Å². The standard InChI is InChI=1S/C15H17N3O3/c19-14(12-5-2-1-3-6-12)16-8-9-17-15(20)18-11-13-7-4-10-21-13/h1-7,10H,8-9,11H2,(H,16,19)(H2,17,18,20). The largest absolute Gasteiger partial charge is 0.467 e. The fourth-order valence-electron chi connectivity index (χ4n) is 1.69. The van der Waals surface area contributed by atoms with Crippen LogP contribution in [0.4, 0.5) is 4.79 Å². The monoisotopic (exact) mass is 287 g/mol. The molecule has 0 aliphatic heterocycles. The molecule has 1 aromatic carbocycles. The zero-order valence-electron chi connectivity index (χ0n) is 11.5. The lowest BCUT2D eigenvalue weighted by Gasteiger charge is -2.08. The van der Waals surface area contributed by atoms with Crippen LogP contribution in [0.15, 0.2) is 53.1 Å². The third-order valence-electron chi connectivity index (χ3n) is 2.74. The highest BCUT2D eigenvalue weighted by molar-refractivity contribution is 5.94. The van der Waals surface area contributed by atoms with Gasteiger partial charge < -0.3 is 20.4 Å². The van der Waals surface area contributed by atoms with Gasteiger partial charge in [0.1, 0.15) is 5.76 Å². The van der Waals surface area contributed by atoms with E-state index in [1.807, 2.05) is 6.07 Å². The molecule has 1 aromatic heterocycles. The summed E-state index contributed by atoms with van der Waals surface area (Å²) in [6.45, 7) is 1.04. The Kier molecular flexibility index (Phi) is 5.40. The van der Waals surface area contributed by atoms with Crippen LogP contribution >= 0.6 is 0 Å². The minimum absolute atomic E-state index is 0.159. The second-order valence-corrected chi connectivity index (χ2v) is 4.31. The lowest BCUT2D eigenvalue weighted by molar-refractivity contribution is 0.0954. The second-order valence-electron chi connectivity index (χ2n) is 4.31. The van der Waals surface area contributed by atoms with Crippen LogP contribution in [0.25, 0.3) is 0 Å². The summed E-state index contributed by atoms with van der Waals surface area (Å²) in [5, 5.41) is 8.02. The molecule has 0 atom stereocenters. The number of nitrogens with one attached hydrogen (secondary N) is 3. The Morgan fingerprint density at radius 2 is 1.67 bits per heavy atom. The molecule has 21 heavy (non-hydrogen) atoms. The van der Waals surface area contributed by atoms with E-state index in [0.717, 1.165) is 0 Å². The van der Waals surface area contributed by atoms with Gasteiger partial charge in [0.05, 0.1) is 12.8 Å². The number of rotatable bonds is 6. The first-order valence-corrected chi connectivity index (χ1v) is 6.63. The van der Waals surface area contributed by atoms with Crippen molar-refractivity contribution in [1.82, 2.24) is 16.0 Å². The molecule has 3 amide bonds. The van der Waals surface area contributed by atoms with E-state index in [4.69, 9.17) is 4.42 Å². The summed E-state index contributed by atoms with van der Waals surface area (Å²) in [4.78, 5) is 23.2. The Morgan fingerprint density at radius 3 is 2.38 bits per heavy atom. The highest BCUT2D eigenvalue weighted by atomic mass is 16.3. The molecule has 0 fully saturated rings. The van der Waals surface area contributed by atoms with Gasteiger partial charge in [0, 0.05) is 18.7 Å². The number of benzene rings is 1. The molecule has 0 saturated carbocycles. The Morgan fingerprint density at radius 1 is 0.905 bits per heavy atom. The SMILES string of the molecule is O=C(NCCNC(=O)c1ccccc1)NCc1ccco1. The highest BCUT2D eigenvalue weighted by Gasteiger charge is 2.04. The van der Waals surface area contributed by atoms with Crippen LogP contribution in [0.1, 0.15) is 16.1 Å². The van der Waals surface area contributed by atoms with Crippen molar-refractivity contribution < 1.29 is 14.0 Å². The third-order valence-corrected chi connectivity index (χ3v) is 2.74. The molecule has 3 N–H and O–H groups in total. The van der Waals surface area contributed by atoms with Crippen molar-refractivity contribution in [3.63, 3.8) is 0 Å². The number of furan rings is 1. The quantitative estimate of drug-likeness (QED) is 0.704. The summed E-state index contributed by atoms with van der Waals surface area (Å²) in [5.74, 6) is 0.524. The molecule has 110 valence electrons. The minimum atomic E-state index is -0.305. The first-order valence-electron chi connectivity index (χ1n) is 6.63. The fourth-order valence-corrected chi connectivity index (χ4v) is 1.69. The van der Waals surface area contributed by atoms with Gasteiger partial charge in [0.2, 0.25) is 0 Å². The number of urea groups is 1. The molecule has 1 heterocycles. The summed E-state index contributed by atoms with van der Waals surface area (Å²) >= 11 is 0. The van der Waals surface area contributed by atoms with E-state index in [0.29, 0.717) is 31.0 Å². The molecule has 6 nitrogen and oxygen atoms in total. The summed E-state index contributed by atoms with van der Waals surface area (Å²) in [5.41, 5.74) is 0.597. The average molecular weight is 287 g/mol. The van der Waals surface area contributed by atoms with Crippen LogP contribution in [0.2, 0.25) is 0 Å². The zero-order chi connectivity index (χ0) is 14.9. The maximum absolute atomic E-state index is 11.7. The average Bonchev–Trinajstić information content (AvgIpc) is 3.03. The lowest BCUT2D eigenvalue weighted by Crippen LogP contribution is -2.39. The summed E-state index contributed by atoms with van der Waals surface area (Å²) < 4.78 is 5.09. The van der Waals surface area contributed by atoms with E-state index in [9.17, 15) is 9.59 Å². The highest BCUT2D eigenvalue weighted by Crippen LogP contribution is 1.98. The van der Waals surface area contributed by atoms with E-state index < -0.39 is 0 Å². The topological polar surface area (TPSA) is 83.4 Å². The van der Waals surface area contributed by atoms with E-state index in [2.05, 4.69) is 16.0 Å². The Balaban J connectivity index is 1.59. The smallest absolute Gasteiger partial charge is 0.315 e. The molecule has 0 aliphatic rings. The molecule has 2 rings (SSSR count). The number of carbonyl (C=O) groups is 2. The van der Waals surface area contributed by atoms with Crippen molar-refractivity contribution >= 4 is 11.9 Å². The molecule has 0 saturated heterocycles. The van der Waals surface area contributed by atoms with Crippen molar-refractivity contribution in [2.24, 2.45) is 0 Å². The van der Waals surface area contributed by atoms with Gasteiger partial charge in [-0.3, -0.25) is 4.79 Å². The molecular formula is C15H17N3O3. The van der Waals surface area contributed by atoms with Gasteiger partial charge in [-0.15, -0.1) is 0 Å². The molecule has 0 radical (unpaired) electrons. The van der Waals surface area contributed by atoms with E-state index >= 15 is 0 Å². The maximum atomic E-state index is 11.7. The maximum Gasteiger partial charge on any atom is 0.315 e. The minimum Gasteiger partial charge on any atom is -0.467 e. The van der Waals surface area contributed by atoms with Crippen molar-refractivity contribution in [1.29, 1.82) is 0 Å². The van der Waals surface area contributed by atoms with E-state index in [1.54, 1.807) is 42.7 Å². The first-order chi connectivity index (χ1) is 10.3. The van der Waals surface area contributed by atoms with Gasteiger partial charge in [-0.2, -0.15) is 0 Å². The molecule has 0 spiro atoms. The molecule has 0 aliphatic carbocycles. The van der Waals surface area contributed by atoms with Crippen molar-refractivity contribution in [2.75, 3.05) is 13.1 Å². The molecular weight excluding hydrogens is 270 g/mol. The van der Waals surface area contributed by atoms with Gasteiger partial charge in [0.15, 0.2) is 0 Å². The van der Waals surface area contributed by atoms with Crippen molar-refractivity contribution in [3.8, 4) is 0 Å². The summed E-state index contributed by atoms with van der Waals surface area (Å²) in [7, 11) is 0. The predicted octanol–water partition coefficient (Wildman–Crippen LogP) is 1.51. The molecule has 0 unspecified atom stereocenters. The van der Waals surface area contributed by atoms with E-state index in [-0.39, 0.29) is 11.9 Å². The third kappa shape index (κ3) is 5.02. The van der Waals surface area contributed by atoms with Crippen LogP contribution < -0.4 is 16.0 Å². The Labute approximate surface area is 122 Å². The van der Waals surface area contributed by atoms with Crippen LogP contribution in [0, 0.1) is 0 Å². The Bertz CT molecular complexity index is 567. The van der Waals surface area contributed by atoms with Crippen LogP contribution in [0.5, 0.6) is 0 Å². The lowest BCUT2D eigenvalue weighted by atomic mass is 10.2. The fraction of sp³-hybridized carbons (Fsp3) is 0.200. The van der Waals surface area contributed by atoms with Crippen LogP contribution in [-0.2, 0) is 6.54 Å². The second kappa shape index (κ2) is 7.74. The zero-order valence-corrected chi connectivity index (χ0v) is 11.5. The normalized spacial score (nSPS) is 9.90. The number of carbonyl (C=O) groups excluding carboxylic acids is 2. The van der Waals surface area contributed by atoms with E-state index in [1.165, 1.54) is 0 Å². The Hall–Kier alpha value is -2.76. The van der Waals surface area contributed by atoms with Gasteiger partial charge in [-0.05, 0) is 24.3 Å². The van der Waals surface area contributed by atoms with Crippen LogP contribution in [0.3, 0.4) is 0 Å². The summed E-state index contributed by atoms with van der Waals surface area (Å²) in [6, 6.07) is 12.2. The first kappa shape index (κ1) is 14.6. The summed E-state index contributed by atoms with van der Waals surface area (Å²) in [6.07, 6.45) is 1.55. The van der Waals surface area contributed by atoms with Gasteiger partial charge in [-0.1, -0.05) is 18.2 Å². The van der Waals surface area contributed by atoms with Gasteiger partial charge in [0.25, 0.3) is 5.91 Å².